The fraction of sp³-hybridized carbons (Fsp3) is 0.182. The first kappa shape index (κ1) is 25.8. The van der Waals surface area contributed by atoms with Crippen molar-refractivity contribution in [2.45, 2.75) is 22.2 Å². The number of nitrogens with one attached hydrogen (secondary N) is 1. The highest BCUT2D eigenvalue weighted by Gasteiger charge is 2.31. The summed E-state index contributed by atoms with van der Waals surface area (Å²) >= 11 is 0. The Morgan fingerprint density at radius 2 is 1.69 bits per heavy atom. The molecule has 0 aliphatic rings. The Bertz CT molecular complexity index is 1300. The lowest BCUT2D eigenvalue weighted by atomic mass is 10.1. The first-order valence-corrected chi connectivity index (χ1v) is 11.3. The Morgan fingerprint density at radius 3 is 2.20 bits per heavy atom. The maximum Gasteiger partial charge on any atom is 0.573 e. The Hall–Kier alpha value is -3.84. The zero-order valence-corrected chi connectivity index (χ0v) is 18.9. The van der Waals surface area contributed by atoms with Gasteiger partial charge in [0.1, 0.15) is 11.5 Å². The molecule has 1 heterocycles. The molecule has 0 aliphatic heterocycles. The van der Waals surface area contributed by atoms with Crippen molar-refractivity contribution < 1.29 is 41.0 Å². The highest BCUT2D eigenvalue weighted by atomic mass is 32.2. The lowest BCUT2D eigenvalue weighted by Gasteiger charge is -2.17. The van der Waals surface area contributed by atoms with Crippen LogP contribution in [0, 0.1) is 0 Å². The van der Waals surface area contributed by atoms with E-state index >= 15 is 0 Å². The Kier molecular flexibility index (Phi) is 7.51. The Morgan fingerprint density at radius 1 is 1.09 bits per heavy atom. The predicted octanol–water partition coefficient (Wildman–Crippen LogP) is 2.87. The average molecular weight is 511 g/mol. The number of pyridine rings is 1. The van der Waals surface area contributed by atoms with E-state index in [0.29, 0.717) is 11.3 Å². The molecule has 13 heteroatoms. The number of ether oxygens (including phenoxy) is 2. The molecule has 0 radical (unpaired) electrons. The molecule has 9 nitrogen and oxygen atoms in total. The van der Waals surface area contributed by atoms with E-state index in [-0.39, 0.29) is 21.2 Å². The second kappa shape index (κ2) is 10.2. The van der Waals surface area contributed by atoms with Crippen LogP contribution in [0.15, 0.2) is 70.6 Å². The molecule has 0 fully saturated rings. The van der Waals surface area contributed by atoms with Gasteiger partial charge in [0.25, 0.3) is 5.91 Å². The number of nitrogens with two attached hydrogens (primary N) is 1. The summed E-state index contributed by atoms with van der Waals surface area (Å²) in [5, 5.41) is 12.2. The largest absolute Gasteiger partial charge is 0.573 e. The molecule has 35 heavy (non-hydrogen) atoms. The van der Waals surface area contributed by atoms with Crippen molar-refractivity contribution in [3.05, 3.63) is 72.1 Å². The molecule has 0 aliphatic carbocycles. The van der Waals surface area contributed by atoms with E-state index in [9.17, 15) is 31.5 Å². The second-order valence-corrected chi connectivity index (χ2v) is 9.06. The highest BCUT2D eigenvalue weighted by Crippen LogP contribution is 2.28. The van der Waals surface area contributed by atoms with Crippen LogP contribution in [-0.2, 0) is 9.84 Å². The van der Waals surface area contributed by atoms with Crippen LogP contribution in [0.4, 0.5) is 18.9 Å². The summed E-state index contributed by atoms with van der Waals surface area (Å²) in [5.41, 5.74) is 5.92. The van der Waals surface area contributed by atoms with Crippen LogP contribution in [-0.4, -0.2) is 44.5 Å². The van der Waals surface area contributed by atoms with Crippen molar-refractivity contribution in [2.24, 2.45) is 0 Å². The number of nitrogen functional groups attached to an aromatic ring is 1. The number of carbonyl (C=O) groups is 1. The summed E-state index contributed by atoms with van der Waals surface area (Å²) in [5.74, 6) is -0.756. The predicted molar refractivity (Wildman–Crippen MR) is 118 cm³/mol. The number of alkyl halides is 3. The van der Waals surface area contributed by atoms with Crippen molar-refractivity contribution >= 4 is 21.4 Å². The lowest BCUT2D eigenvalue weighted by Crippen LogP contribution is -2.32. The van der Waals surface area contributed by atoms with Gasteiger partial charge in [-0.05, 0) is 48.0 Å². The number of carbonyl (C=O) groups excluding carboxylic acids is 1. The molecular formula is C22H20F3N3O6S. The molecule has 0 saturated heterocycles. The summed E-state index contributed by atoms with van der Waals surface area (Å²) in [7, 11) is -2.71. The zero-order valence-electron chi connectivity index (χ0n) is 18.1. The number of halogens is 3. The third kappa shape index (κ3) is 6.19. The molecule has 0 bridgehead atoms. The minimum Gasteiger partial charge on any atom is -0.497 e. The van der Waals surface area contributed by atoms with Crippen LogP contribution in [0.5, 0.6) is 11.5 Å². The summed E-state index contributed by atoms with van der Waals surface area (Å²) < 4.78 is 71.3. The van der Waals surface area contributed by atoms with E-state index in [4.69, 9.17) is 10.5 Å². The molecule has 0 saturated carbocycles. The van der Waals surface area contributed by atoms with Crippen molar-refractivity contribution in [1.82, 2.24) is 10.3 Å². The van der Waals surface area contributed by atoms with E-state index in [2.05, 4.69) is 15.0 Å². The van der Waals surface area contributed by atoms with Gasteiger partial charge in [-0.2, -0.15) is 0 Å². The summed E-state index contributed by atoms with van der Waals surface area (Å²) in [6.45, 7) is -0.432. The van der Waals surface area contributed by atoms with Gasteiger partial charge in [-0.25, -0.2) is 13.4 Å². The van der Waals surface area contributed by atoms with Crippen LogP contribution in [0.2, 0.25) is 0 Å². The van der Waals surface area contributed by atoms with E-state index in [1.165, 1.54) is 7.11 Å². The normalized spacial score (nSPS) is 12.6. The van der Waals surface area contributed by atoms with Crippen molar-refractivity contribution in [2.75, 3.05) is 19.5 Å². The molecular weight excluding hydrogens is 491 g/mol. The molecule has 186 valence electrons. The van der Waals surface area contributed by atoms with Gasteiger partial charge in [-0.1, -0.05) is 12.1 Å². The highest BCUT2D eigenvalue weighted by molar-refractivity contribution is 7.91. The second-order valence-electron chi connectivity index (χ2n) is 7.11. The number of hydrogen-bond donors (Lipinski definition) is 3. The summed E-state index contributed by atoms with van der Waals surface area (Å²) in [6, 6.07) is 10.4. The van der Waals surface area contributed by atoms with Gasteiger partial charge in [0.15, 0.2) is 5.69 Å². The standard InChI is InChI=1S/C22H20F3N3O6S/c1-33-14-4-2-13(3-5-14)19(12-29)28-21(30)20-18(26)10-17(11-27-20)35(31,32)16-8-6-15(7-9-16)34-22(23,24)25/h2-11,19,29H,12,26H2,1H3,(H,28,30). The number of benzene rings is 2. The molecule has 1 unspecified atom stereocenters. The van der Waals surface area contributed by atoms with Gasteiger partial charge in [0.2, 0.25) is 9.84 Å². The number of aliphatic hydroxyl groups excluding tert-OH is 1. The fourth-order valence-electron chi connectivity index (χ4n) is 3.05. The lowest BCUT2D eigenvalue weighted by molar-refractivity contribution is -0.274. The molecule has 3 rings (SSSR count). The minimum atomic E-state index is -4.92. The quantitative estimate of drug-likeness (QED) is 0.419. The van der Waals surface area contributed by atoms with Gasteiger partial charge in [-0.3, -0.25) is 4.79 Å². The van der Waals surface area contributed by atoms with Crippen molar-refractivity contribution in [1.29, 1.82) is 0 Å². The molecule has 0 spiro atoms. The third-order valence-electron chi connectivity index (χ3n) is 4.79. The fourth-order valence-corrected chi connectivity index (χ4v) is 4.29. The van der Waals surface area contributed by atoms with E-state index < -0.39 is 40.5 Å². The number of rotatable bonds is 8. The maximum absolute atomic E-state index is 12.8. The van der Waals surface area contributed by atoms with Crippen LogP contribution >= 0.6 is 0 Å². The summed E-state index contributed by atoms with van der Waals surface area (Å²) in [4.78, 5) is 15.8. The monoisotopic (exact) mass is 511 g/mol. The van der Waals surface area contributed by atoms with Gasteiger partial charge in [-0.15, -0.1) is 13.2 Å². The van der Waals surface area contributed by atoms with Crippen LogP contribution < -0.4 is 20.5 Å². The van der Waals surface area contributed by atoms with E-state index in [0.717, 1.165) is 36.5 Å². The third-order valence-corrected chi connectivity index (χ3v) is 6.53. The number of aliphatic hydroxyl groups is 1. The number of aromatic nitrogens is 1. The number of sulfone groups is 1. The van der Waals surface area contributed by atoms with Crippen LogP contribution in [0.3, 0.4) is 0 Å². The van der Waals surface area contributed by atoms with Gasteiger partial charge >= 0.3 is 6.36 Å². The zero-order chi connectivity index (χ0) is 25.8. The van der Waals surface area contributed by atoms with Crippen LogP contribution in [0.25, 0.3) is 0 Å². The molecule has 1 amide bonds. The maximum atomic E-state index is 12.8. The topological polar surface area (TPSA) is 141 Å². The Labute approximate surface area is 198 Å². The van der Waals surface area contributed by atoms with Gasteiger partial charge in [0, 0.05) is 6.20 Å². The van der Waals surface area contributed by atoms with Gasteiger partial charge in [0.05, 0.1) is 35.2 Å². The SMILES string of the molecule is COc1ccc(C(CO)NC(=O)c2ncc(S(=O)(=O)c3ccc(OC(F)(F)F)cc3)cc2N)cc1. The van der Waals surface area contributed by atoms with E-state index in [1.54, 1.807) is 24.3 Å². The summed E-state index contributed by atoms with van der Waals surface area (Å²) in [6.07, 6.45) is -4.01. The van der Waals surface area contributed by atoms with Crippen molar-refractivity contribution in [3.8, 4) is 11.5 Å². The molecule has 1 aromatic heterocycles. The number of hydrogen-bond acceptors (Lipinski definition) is 8. The van der Waals surface area contributed by atoms with Crippen LogP contribution in [0.1, 0.15) is 22.1 Å². The number of nitrogens with zero attached hydrogens (tertiary/aromatic N) is 1. The average Bonchev–Trinajstić information content (AvgIpc) is 2.81. The minimum absolute atomic E-state index is 0.257. The van der Waals surface area contributed by atoms with E-state index in [1.807, 2.05) is 0 Å². The molecule has 3 aromatic rings. The smallest absolute Gasteiger partial charge is 0.497 e. The molecule has 2 aromatic carbocycles. The van der Waals surface area contributed by atoms with Crippen molar-refractivity contribution in [3.63, 3.8) is 0 Å². The molecule has 4 N–H and O–H groups in total. The Balaban J connectivity index is 1.79. The number of amides is 1. The number of anilines is 1. The number of methoxy groups -OCH3 is 1. The first-order chi connectivity index (χ1) is 16.4. The van der Waals surface area contributed by atoms with Gasteiger partial charge < -0.3 is 25.6 Å². The molecule has 1 atom stereocenters. The first-order valence-electron chi connectivity index (χ1n) is 9.86.